The van der Waals surface area contributed by atoms with E-state index in [9.17, 15) is 9.59 Å². The van der Waals surface area contributed by atoms with Crippen LogP contribution in [0.1, 0.15) is 78.3 Å². The van der Waals surface area contributed by atoms with Crippen LogP contribution in [0.25, 0.3) is 0 Å². The van der Waals surface area contributed by atoms with Crippen LogP contribution in [0.5, 0.6) is 5.75 Å². The molecule has 214 valence electrons. The minimum Gasteiger partial charge on any atom is -0.493 e. The van der Waals surface area contributed by atoms with E-state index in [1.165, 1.54) is 49.2 Å². The monoisotopic (exact) mass is 592 g/mol. The molecule has 0 bridgehead atoms. The Morgan fingerprint density at radius 3 is 1.69 bits per heavy atom. The van der Waals surface area contributed by atoms with Gasteiger partial charge in [-0.3, -0.25) is 9.59 Å². The van der Waals surface area contributed by atoms with Gasteiger partial charge in [-0.1, -0.05) is 86.8 Å². The van der Waals surface area contributed by atoms with Crippen molar-refractivity contribution in [1.29, 1.82) is 0 Å². The summed E-state index contributed by atoms with van der Waals surface area (Å²) in [5.41, 5.74) is 2.33. The van der Waals surface area contributed by atoms with Gasteiger partial charge in [0.05, 0.1) is 6.61 Å². The van der Waals surface area contributed by atoms with Gasteiger partial charge in [0.1, 0.15) is 5.75 Å². The van der Waals surface area contributed by atoms with Crippen molar-refractivity contribution in [3.05, 3.63) is 113 Å². The van der Waals surface area contributed by atoms with Crippen LogP contribution < -0.4 is 4.74 Å². The zero-order valence-electron chi connectivity index (χ0n) is 24.4. The zero-order chi connectivity index (χ0) is 29.3. The molecule has 3 nitrogen and oxygen atoms in total. The molecule has 0 aromatic heterocycles. The highest BCUT2D eigenvalue weighted by molar-refractivity contribution is 7.99. The van der Waals surface area contributed by atoms with Crippen molar-refractivity contribution < 1.29 is 14.3 Å². The molecule has 0 atom stereocenters. The lowest BCUT2D eigenvalue weighted by Crippen LogP contribution is -2.27. The van der Waals surface area contributed by atoms with Gasteiger partial charge in [0.2, 0.25) is 0 Å². The lowest BCUT2D eigenvalue weighted by atomic mass is 9.70. The number of fused-ring (bicyclic) bond motifs is 2. The number of hydrogen-bond acceptors (Lipinski definition) is 5. The number of hydrogen-bond donors (Lipinski definition) is 0. The van der Waals surface area contributed by atoms with E-state index in [2.05, 4.69) is 20.8 Å². The molecule has 2 aliphatic rings. The van der Waals surface area contributed by atoms with E-state index in [0.29, 0.717) is 33.6 Å². The molecule has 42 heavy (non-hydrogen) atoms. The number of carbonyl (C=O) groups excluding carboxylic acids is 2. The molecule has 2 aliphatic carbocycles. The largest absolute Gasteiger partial charge is 0.493 e. The van der Waals surface area contributed by atoms with Crippen molar-refractivity contribution in [2.24, 2.45) is 17.3 Å². The summed E-state index contributed by atoms with van der Waals surface area (Å²) >= 11 is 3.03. The van der Waals surface area contributed by atoms with Crippen molar-refractivity contribution in [3.63, 3.8) is 0 Å². The van der Waals surface area contributed by atoms with Gasteiger partial charge in [-0.15, -0.1) is 0 Å². The van der Waals surface area contributed by atoms with Gasteiger partial charge in [-0.25, -0.2) is 0 Å². The molecule has 0 saturated heterocycles. The first kappa shape index (κ1) is 28.8. The maximum absolute atomic E-state index is 13.8. The lowest BCUT2D eigenvalue weighted by molar-refractivity contribution is 0.0974. The molecule has 5 heteroatoms. The Labute approximate surface area is 257 Å². The molecule has 6 rings (SSSR count). The summed E-state index contributed by atoms with van der Waals surface area (Å²) in [4.78, 5) is 31.3. The lowest BCUT2D eigenvalue weighted by Gasteiger charge is -2.36. The molecule has 1 saturated carbocycles. The quantitative estimate of drug-likeness (QED) is 0.188. The van der Waals surface area contributed by atoms with E-state index in [-0.39, 0.29) is 11.6 Å². The third-order valence-electron chi connectivity index (χ3n) is 8.58. The van der Waals surface area contributed by atoms with E-state index >= 15 is 0 Å². The normalized spacial score (nSPS) is 18.4. The van der Waals surface area contributed by atoms with Crippen LogP contribution in [0.15, 0.2) is 111 Å². The second kappa shape index (κ2) is 12.1. The maximum Gasteiger partial charge on any atom is 0.195 e. The first-order valence-corrected chi connectivity index (χ1v) is 16.4. The summed E-state index contributed by atoms with van der Waals surface area (Å²) < 4.78 is 6.18. The number of ketones is 2. The van der Waals surface area contributed by atoms with Crippen LogP contribution >= 0.6 is 23.5 Å². The summed E-state index contributed by atoms with van der Waals surface area (Å²) in [6.45, 7) is 7.83. The highest BCUT2D eigenvalue weighted by Gasteiger charge is 2.34. The van der Waals surface area contributed by atoms with E-state index in [1.54, 1.807) is 12.1 Å². The second-order valence-corrected chi connectivity index (χ2v) is 14.6. The second-order valence-electron chi connectivity index (χ2n) is 12.4. The molecule has 0 heterocycles. The summed E-state index contributed by atoms with van der Waals surface area (Å²) in [5, 5.41) is 0. The fourth-order valence-corrected chi connectivity index (χ4v) is 8.08. The Morgan fingerprint density at radius 2 is 1.17 bits per heavy atom. The molecule has 0 aliphatic heterocycles. The Morgan fingerprint density at radius 1 is 0.643 bits per heavy atom. The first-order chi connectivity index (χ1) is 20.3. The number of rotatable bonds is 7. The topological polar surface area (TPSA) is 43.4 Å². The van der Waals surface area contributed by atoms with Gasteiger partial charge in [-0.05, 0) is 91.5 Å². The Bertz CT molecular complexity index is 1590. The molecule has 4 aromatic rings. The minimum absolute atomic E-state index is 0.0960. The molecule has 0 N–H and O–H groups in total. The zero-order valence-corrected chi connectivity index (χ0v) is 26.0. The fourth-order valence-electron chi connectivity index (χ4n) is 6.10. The average molecular weight is 593 g/mol. The molecule has 0 radical (unpaired) electrons. The van der Waals surface area contributed by atoms with E-state index in [0.717, 1.165) is 37.9 Å². The summed E-state index contributed by atoms with van der Waals surface area (Å²) in [6.07, 6.45) is 5.04. The van der Waals surface area contributed by atoms with Crippen molar-refractivity contribution in [2.75, 3.05) is 6.61 Å². The maximum atomic E-state index is 13.8. The molecular weight excluding hydrogens is 557 g/mol. The third-order valence-corrected chi connectivity index (χ3v) is 10.7. The molecule has 4 aromatic carbocycles. The molecule has 0 spiro atoms. The minimum atomic E-state index is -0.0978. The van der Waals surface area contributed by atoms with Crippen molar-refractivity contribution >= 4 is 35.1 Å². The van der Waals surface area contributed by atoms with Gasteiger partial charge in [0.25, 0.3) is 0 Å². The van der Waals surface area contributed by atoms with Crippen LogP contribution in [0.4, 0.5) is 0 Å². The average Bonchev–Trinajstić information content (AvgIpc) is 3.00. The van der Waals surface area contributed by atoms with Gasteiger partial charge in [-0.2, -0.15) is 0 Å². The third kappa shape index (κ3) is 6.09. The van der Waals surface area contributed by atoms with Crippen molar-refractivity contribution in [1.82, 2.24) is 0 Å². The predicted octanol–water partition coefficient (Wildman–Crippen LogP) is 10.00. The number of carbonyl (C=O) groups is 2. The van der Waals surface area contributed by atoms with Gasteiger partial charge < -0.3 is 4.74 Å². The standard InChI is InChI=1S/C37H36O3S2/c1-37(2,3)25-17-15-24(16-18-25)23-40-26-19-21-28(22-20-26)42-32-14-8-12-30-34(32)36(39)29-11-7-13-31(33(29)35(30)38)41-27-9-5-4-6-10-27/h4-14,19-22,24-25H,15-18,23H2,1-3H3. The Kier molecular flexibility index (Phi) is 8.33. The summed E-state index contributed by atoms with van der Waals surface area (Å²) in [7, 11) is 0. The van der Waals surface area contributed by atoms with E-state index in [1.807, 2.05) is 78.9 Å². The van der Waals surface area contributed by atoms with Crippen LogP contribution in [-0.2, 0) is 0 Å². The molecular formula is C37H36O3S2. The van der Waals surface area contributed by atoms with Crippen LogP contribution in [-0.4, -0.2) is 18.2 Å². The van der Waals surface area contributed by atoms with Crippen molar-refractivity contribution in [3.8, 4) is 5.75 Å². The van der Waals surface area contributed by atoms with Gasteiger partial charge in [0.15, 0.2) is 11.6 Å². The summed E-state index contributed by atoms with van der Waals surface area (Å²) in [6, 6.07) is 29.2. The Balaban J connectivity index is 1.15. The smallest absolute Gasteiger partial charge is 0.195 e. The SMILES string of the molecule is CC(C)(C)C1CCC(COc2ccc(Sc3cccc4c3C(=O)c3cccc(Sc5ccccc5)c3C4=O)cc2)CC1. The Hall–Kier alpha value is -3.28. The first-order valence-electron chi connectivity index (χ1n) is 14.8. The highest BCUT2D eigenvalue weighted by atomic mass is 32.2. The molecule has 0 amide bonds. The number of ether oxygens (including phenoxy) is 1. The predicted molar refractivity (Wildman–Crippen MR) is 171 cm³/mol. The summed E-state index contributed by atoms with van der Waals surface area (Å²) in [5.74, 6) is 2.10. The van der Waals surface area contributed by atoms with Gasteiger partial charge in [0, 0.05) is 41.8 Å². The molecule has 0 unspecified atom stereocenters. The van der Waals surface area contributed by atoms with Gasteiger partial charge >= 0.3 is 0 Å². The van der Waals surface area contributed by atoms with Crippen LogP contribution in [0, 0.1) is 17.3 Å². The van der Waals surface area contributed by atoms with Crippen LogP contribution in [0.3, 0.4) is 0 Å². The van der Waals surface area contributed by atoms with E-state index < -0.39 is 0 Å². The van der Waals surface area contributed by atoms with E-state index in [4.69, 9.17) is 4.74 Å². The molecule has 1 fully saturated rings. The number of benzene rings is 4. The fraction of sp³-hybridized carbons (Fsp3) is 0.297. The highest BCUT2D eigenvalue weighted by Crippen LogP contribution is 2.42. The van der Waals surface area contributed by atoms with Crippen LogP contribution in [0.2, 0.25) is 0 Å². The van der Waals surface area contributed by atoms with Crippen molar-refractivity contribution in [2.45, 2.75) is 66.0 Å².